The number of nitrogens with zero attached hydrogens (tertiary/aromatic N) is 3. The van der Waals surface area contributed by atoms with Crippen molar-refractivity contribution >= 4 is 5.97 Å². The first-order valence-electron chi connectivity index (χ1n) is 8.39. The van der Waals surface area contributed by atoms with Gasteiger partial charge in [-0.3, -0.25) is 4.79 Å². The predicted molar refractivity (Wildman–Crippen MR) is 95.5 cm³/mol. The number of hydrogen-bond acceptors (Lipinski definition) is 7. The number of aromatic nitrogens is 3. The van der Waals surface area contributed by atoms with Gasteiger partial charge in [-0.15, -0.1) is 0 Å². The number of ether oxygens (including phenoxy) is 2. The minimum Gasteiger partial charge on any atom is -0.492 e. The van der Waals surface area contributed by atoms with E-state index in [-0.39, 0.29) is 31.0 Å². The van der Waals surface area contributed by atoms with E-state index in [1.807, 2.05) is 30.3 Å². The topological polar surface area (TPSA) is 96.5 Å². The van der Waals surface area contributed by atoms with Crippen LogP contribution >= 0.6 is 0 Å². The summed E-state index contributed by atoms with van der Waals surface area (Å²) >= 11 is 0. The maximum absolute atomic E-state index is 12.2. The minimum absolute atomic E-state index is 0.0257. The van der Waals surface area contributed by atoms with Crippen molar-refractivity contribution < 1.29 is 18.8 Å². The minimum atomic E-state index is -0.632. The average molecular weight is 369 g/mol. The van der Waals surface area contributed by atoms with Crippen LogP contribution in [0.15, 0.2) is 51.8 Å². The van der Waals surface area contributed by atoms with Crippen LogP contribution in [0.1, 0.15) is 27.5 Å². The van der Waals surface area contributed by atoms with Crippen molar-refractivity contribution in [3.8, 4) is 5.75 Å². The van der Waals surface area contributed by atoms with Crippen molar-refractivity contribution in [2.45, 2.75) is 27.0 Å². The van der Waals surface area contributed by atoms with Gasteiger partial charge in [0.1, 0.15) is 24.7 Å². The van der Waals surface area contributed by atoms with E-state index in [0.717, 1.165) is 0 Å². The molecule has 27 heavy (non-hydrogen) atoms. The van der Waals surface area contributed by atoms with E-state index in [1.54, 1.807) is 13.8 Å². The van der Waals surface area contributed by atoms with E-state index in [1.165, 1.54) is 16.8 Å². The van der Waals surface area contributed by atoms with Crippen LogP contribution in [0.25, 0.3) is 0 Å². The molecule has 0 aliphatic rings. The molecule has 0 radical (unpaired) electrons. The smallest absolute Gasteiger partial charge is 0.359 e. The molecular formula is C19H19N3O5. The molecule has 0 amide bonds. The highest BCUT2D eigenvalue weighted by atomic mass is 16.5. The molecule has 0 fully saturated rings. The van der Waals surface area contributed by atoms with Crippen LogP contribution in [0.2, 0.25) is 0 Å². The predicted octanol–water partition coefficient (Wildman–Crippen LogP) is 2.28. The number of rotatable bonds is 7. The standard InChI is InChI=1S/C19H19N3O5/c1-13-16(14(2)27-21-13)12-26-19(24)17-8-9-18(23)22(20-17)10-11-25-15-6-4-3-5-7-15/h3-9H,10-12H2,1-2H3. The lowest BCUT2D eigenvalue weighted by atomic mass is 10.2. The normalized spacial score (nSPS) is 10.6. The molecule has 3 aromatic rings. The summed E-state index contributed by atoms with van der Waals surface area (Å²) in [5.41, 5.74) is 1.10. The third kappa shape index (κ3) is 4.60. The maximum Gasteiger partial charge on any atom is 0.359 e. The summed E-state index contributed by atoms with van der Waals surface area (Å²) in [7, 11) is 0. The van der Waals surface area contributed by atoms with Crippen molar-refractivity contribution in [1.29, 1.82) is 0 Å². The summed E-state index contributed by atoms with van der Waals surface area (Å²) in [4.78, 5) is 24.2. The molecule has 0 aliphatic carbocycles. The van der Waals surface area contributed by atoms with Gasteiger partial charge >= 0.3 is 5.97 Å². The highest BCUT2D eigenvalue weighted by Gasteiger charge is 2.15. The van der Waals surface area contributed by atoms with Crippen molar-refractivity contribution in [2.75, 3.05) is 6.61 Å². The van der Waals surface area contributed by atoms with Crippen molar-refractivity contribution in [3.63, 3.8) is 0 Å². The summed E-state index contributed by atoms with van der Waals surface area (Å²) in [5, 5.41) is 7.87. The largest absolute Gasteiger partial charge is 0.492 e. The Labute approximate surface area is 155 Å². The summed E-state index contributed by atoms with van der Waals surface area (Å²) < 4.78 is 17.0. The van der Waals surface area contributed by atoms with Gasteiger partial charge in [-0.05, 0) is 32.0 Å². The lowest BCUT2D eigenvalue weighted by molar-refractivity contribution is 0.0460. The van der Waals surface area contributed by atoms with E-state index in [2.05, 4.69) is 10.3 Å². The molecule has 0 saturated carbocycles. The van der Waals surface area contributed by atoms with Crippen LogP contribution in [0, 0.1) is 13.8 Å². The second-order valence-electron chi connectivity index (χ2n) is 5.82. The first-order valence-corrected chi connectivity index (χ1v) is 8.39. The Morgan fingerprint density at radius 1 is 1.15 bits per heavy atom. The molecule has 0 N–H and O–H groups in total. The molecule has 2 aromatic heterocycles. The number of aryl methyl sites for hydroxylation is 2. The highest BCUT2D eigenvalue weighted by molar-refractivity contribution is 5.86. The lowest BCUT2D eigenvalue weighted by Gasteiger charge is -2.09. The van der Waals surface area contributed by atoms with Crippen LogP contribution in [-0.4, -0.2) is 27.5 Å². The van der Waals surface area contributed by atoms with Gasteiger partial charge in [0.05, 0.1) is 17.8 Å². The SMILES string of the molecule is Cc1noc(C)c1COC(=O)c1ccc(=O)n(CCOc2ccccc2)n1. The highest BCUT2D eigenvalue weighted by Crippen LogP contribution is 2.14. The number of carbonyl (C=O) groups is 1. The lowest BCUT2D eigenvalue weighted by Crippen LogP contribution is -2.27. The fourth-order valence-corrected chi connectivity index (χ4v) is 2.40. The fraction of sp³-hybridized carbons (Fsp3) is 0.263. The van der Waals surface area contributed by atoms with Gasteiger partial charge in [0.15, 0.2) is 5.69 Å². The molecule has 0 bridgehead atoms. The first kappa shape index (κ1) is 18.4. The second-order valence-corrected chi connectivity index (χ2v) is 5.82. The van der Waals surface area contributed by atoms with Crippen LogP contribution in [0.5, 0.6) is 5.75 Å². The van der Waals surface area contributed by atoms with E-state index in [9.17, 15) is 9.59 Å². The molecule has 0 aliphatic heterocycles. The van der Waals surface area contributed by atoms with E-state index in [4.69, 9.17) is 14.0 Å². The number of para-hydroxylation sites is 1. The Morgan fingerprint density at radius 3 is 2.63 bits per heavy atom. The molecule has 0 atom stereocenters. The molecule has 3 rings (SSSR count). The number of carbonyl (C=O) groups excluding carboxylic acids is 1. The summed E-state index contributed by atoms with van der Waals surface area (Å²) in [6.07, 6.45) is 0. The van der Waals surface area contributed by atoms with Gasteiger partial charge < -0.3 is 14.0 Å². The van der Waals surface area contributed by atoms with Gasteiger partial charge in [0.2, 0.25) is 0 Å². The first-order chi connectivity index (χ1) is 13.0. The zero-order valence-corrected chi connectivity index (χ0v) is 15.0. The number of benzene rings is 1. The zero-order valence-electron chi connectivity index (χ0n) is 15.0. The summed E-state index contributed by atoms with van der Waals surface area (Å²) in [5.74, 6) is 0.657. The van der Waals surface area contributed by atoms with Crippen LogP contribution in [0.3, 0.4) is 0 Å². The average Bonchev–Trinajstić information content (AvgIpc) is 3.00. The van der Waals surface area contributed by atoms with E-state index < -0.39 is 5.97 Å². The van der Waals surface area contributed by atoms with Crippen LogP contribution in [-0.2, 0) is 17.9 Å². The third-order valence-electron chi connectivity index (χ3n) is 3.92. The van der Waals surface area contributed by atoms with Gasteiger partial charge in [-0.25, -0.2) is 9.48 Å². The van der Waals surface area contributed by atoms with Crippen molar-refractivity contribution in [1.82, 2.24) is 14.9 Å². The molecule has 1 aromatic carbocycles. The Hall–Kier alpha value is -3.42. The molecule has 8 heteroatoms. The molecule has 0 spiro atoms. The molecule has 0 unspecified atom stereocenters. The zero-order chi connectivity index (χ0) is 19.2. The van der Waals surface area contributed by atoms with Crippen molar-refractivity contribution in [3.05, 3.63) is 75.5 Å². The Balaban J connectivity index is 1.62. The molecule has 8 nitrogen and oxygen atoms in total. The van der Waals surface area contributed by atoms with E-state index >= 15 is 0 Å². The van der Waals surface area contributed by atoms with Crippen molar-refractivity contribution in [2.24, 2.45) is 0 Å². The second kappa shape index (κ2) is 8.31. The quantitative estimate of drug-likeness (QED) is 0.590. The van der Waals surface area contributed by atoms with Gasteiger partial charge in [0.25, 0.3) is 5.56 Å². The Bertz CT molecular complexity index is 959. The van der Waals surface area contributed by atoms with Gasteiger partial charge in [0, 0.05) is 6.07 Å². The van der Waals surface area contributed by atoms with Gasteiger partial charge in [-0.2, -0.15) is 5.10 Å². The number of esters is 1. The summed E-state index contributed by atoms with van der Waals surface area (Å²) in [6.45, 7) is 3.99. The molecule has 140 valence electrons. The molecule has 0 saturated heterocycles. The monoisotopic (exact) mass is 369 g/mol. The Morgan fingerprint density at radius 2 is 1.93 bits per heavy atom. The van der Waals surface area contributed by atoms with Crippen LogP contribution in [0.4, 0.5) is 0 Å². The Kier molecular flexibility index (Phi) is 5.65. The molecular weight excluding hydrogens is 350 g/mol. The maximum atomic E-state index is 12.2. The third-order valence-corrected chi connectivity index (χ3v) is 3.92. The summed E-state index contributed by atoms with van der Waals surface area (Å²) in [6, 6.07) is 11.9. The molecule has 2 heterocycles. The van der Waals surface area contributed by atoms with Gasteiger partial charge in [-0.1, -0.05) is 23.4 Å². The van der Waals surface area contributed by atoms with Crippen LogP contribution < -0.4 is 10.3 Å². The number of hydrogen-bond donors (Lipinski definition) is 0. The fourth-order valence-electron chi connectivity index (χ4n) is 2.40. The van der Waals surface area contributed by atoms with E-state index in [0.29, 0.717) is 22.8 Å².